The van der Waals surface area contributed by atoms with Crippen molar-refractivity contribution in [3.8, 4) is 5.75 Å². The third kappa shape index (κ3) is 3.87. The third-order valence-corrected chi connectivity index (χ3v) is 4.14. The molecule has 5 heteroatoms. The lowest BCUT2D eigenvalue weighted by atomic mass is 10.2. The van der Waals surface area contributed by atoms with Crippen LogP contribution < -0.4 is 4.74 Å². The Hall–Kier alpha value is -2.40. The number of thiazole rings is 1. The van der Waals surface area contributed by atoms with Gasteiger partial charge in [0.05, 0.1) is 21.9 Å². The zero-order chi connectivity index (χ0) is 16.2. The molecule has 0 saturated heterocycles. The molecule has 0 aliphatic heterocycles. The number of carbonyl (C=O) groups excluding carboxylic acids is 1. The minimum atomic E-state index is -0.361. The van der Waals surface area contributed by atoms with Gasteiger partial charge in [0.25, 0.3) is 0 Å². The quantitative estimate of drug-likeness (QED) is 0.650. The molecule has 1 heterocycles. The average molecular weight is 327 g/mol. The summed E-state index contributed by atoms with van der Waals surface area (Å²) < 4.78 is 12.0. The van der Waals surface area contributed by atoms with E-state index in [-0.39, 0.29) is 18.7 Å². The Bertz CT molecular complexity index is 776. The summed E-state index contributed by atoms with van der Waals surface area (Å²) in [6, 6.07) is 14.8. The molecule has 2 aromatic carbocycles. The van der Waals surface area contributed by atoms with E-state index in [1.165, 1.54) is 11.3 Å². The van der Waals surface area contributed by atoms with Crippen LogP contribution >= 0.6 is 11.3 Å². The summed E-state index contributed by atoms with van der Waals surface area (Å²) in [5.41, 5.74) is 1.43. The van der Waals surface area contributed by atoms with Crippen molar-refractivity contribution < 1.29 is 14.3 Å². The van der Waals surface area contributed by atoms with Crippen molar-refractivity contribution in [3.05, 3.63) is 59.1 Å². The highest BCUT2D eigenvalue weighted by atomic mass is 32.1. The number of rotatable bonds is 5. The van der Waals surface area contributed by atoms with E-state index in [4.69, 9.17) is 9.47 Å². The van der Waals surface area contributed by atoms with Gasteiger partial charge >= 0.3 is 5.97 Å². The van der Waals surface area contributed by atoms with Crippen molar-refractivity contribution in [3.63, 3.8) is 0 Å². The molecule has 3 aromatic rings. The predicted octanol–water partition coefficient (Wildman–Crippen LogP) is 4.44. The van der Waals surface area contributed by atoms with Gasteiger partial charge in [-0.15, -0.1) is 11.3 Å². The molecule has 0 N–H and O–H groups in total. The Morgan fingerprint density at radius 2 is 1.87 bits per heavy atom. The summed E-state index contributed by atoms with van der Waals surface area (Å²) in [6.07, 6.45) is 0.104. The highest BCUT2D eigenvalue weighted by molar-refractivity contribution is 7.18. The number of hydrogen-bond donors (Lipinski definition) is 0. The summed E-state index contributed by atoms with van der Waals surface area (Å²) in [5, 5.41) is 0.791. The van der Waals surface area contributed by atoms with Crippen LogP contribution in [0, 0.1) is 0 Å². The SMILES string of the molecule is CC(C)Oc1ccc(C(=O)OCc2nc3ccccc3s2)cc1. The molecular formula is C18H17NO3S. The van der Waals surface area contributed by atoms with E-state index in [1.807, 2.05) is 38.1 Å². The lowest BCUT2D eigenvalue weighted by molar-refractivity contribution is 0.0472. The normalized spacial score (nSPS) is 10.9. The number of esters is 1. The van der Waals surface area contributed by atoms with E-state index >= 15 is 0 Å². The Labute approximate surface area is 138 Å². The molecule has 0 aliphatic rings. The fourth-order valence-corrected chi connectivity index (χ4v) is 3.01. The minimum Gasteiger partial charge on any atom is -0.491 e. The zero-order valence-electron chi connectivity index (χ0n) is 13.0. The Morgan fingerprint density at radius 3 is 2.57 bits per heavy atom. The molecular weight excluding hydrogens is 310 g/mol. The van der Waals surface area contributed by atoms with Gasteiger partial charge in [0.1, 0.15) is 17.4 Å². The smallest absolute Gasteiger partial charge is 0.338 e. The van der Waals surface area contributed by atoms with E-state index in [1.54, 1.807) is 24.3 Å². The molecule has 0 amide bonds. The van der Waals surface area contributed by atoms with Crippen molar-refractivity contribution in [1.82, 2.24) is 4.98 Å². The van der Waals surface area contributed by atoms with Crippen LogP contribution in [0.4, 0.5) is 0 Å². The van der Waals surface area contributed by atoms with Crippen LogP contribution in [0.25, 0.3) is 10.2 Å². The molecule has 4 nitrogen and oxygen atoms in total. The van der Waals surface area contributed by atoms with Gasteiger partial charge in [-0.05, 0) is 50.2 Å². The number of ether oxygens (including phenoxy) is 2. The standard InChI is InChI=1S/C18H17NO3S/c1-12(2)22-14-9-7-13(8-10-14)18(20)21-11-17-19-15-5-3-4-6-16(15)23-17/h3-10,12H,11H2,1-2H3. The molecule has 1 aromatic heterocycles. The lowest BCUT2D eigenvalue weighted by Crippen LogP contribution is -2.07. The summed E-state index contributed by atoms with van der Waals surface area (Å²) in [4.78, 5) is 16.5. The van der Waals surface area contributed by atoms with Gasteiger partial charge in [-0.3, -0.25) is 0 Å². The van der Waals surface area contributed by atoms with Crippen LogP contribution in [-0.4, -0.2) is 17.1 Å². The van der Waals surface area contributed by atoms with Crippen molar-refractivity contribution in [2.45, 2.75) is 26.6 Å². The van der Waals surface area contributed by atoms with Gasteiger partial charge in [0.15, 0.2) is 0 Å². The molecule has 0 aliphatic carbocycles. The Balaban J connectivity index is 1.62. The van der Waals surface area contributed by atoms with Crippen molar-refractivity contribution in [2.75, 3.05) is 0 Å². The zero-order valence-corrected chi connectivity index (χ0v) is 13.8. The maximum atomic E-state index is 12.1. The van der Waals surface area contributed by atoms with Crippen molar-refractivity contribution in [1.29, 1.82) is 0 Å². The van der Waals surface area contributed by atoms with Gasteiger partial charge in [-0.2, -0.15) is 0 Å². The summed E-state index contributed by atoms with van der Waals surface area (Å²) in [5.74, 6) is 0.378. The van der Waals surface area contributed by atoms with Gasteiger partial charge in [-0.25, -0.2) is 9.78 Å². The summed E-state index contributed by atoms with van der Waals surface area (Å²) in [6.45, 7) is 4.10. The molecule has 0 radical (unpaired) electrons. The largest absolute Gasteiger partial charge is 0.491 e. The number of nitrogens with zero attached hydrogens (tertiary/aromatic N) is 1. The second-order valence-corrected chi connectivity index (χ2v) is 6.46. The van der Waals surface area contributed by atoms with E-state index < -0.39 is 0 Å². The lowest BCUT2D eigenvalue weighted by Gasteiger charge is -2.09. The van der Waals surface area contributed by atoms with Gasteiger partial charge in [0, 0.05) is 0 Å². The van der Waals surface area contributed by atoms with E-state index in [0.29, 0.717) is 5.56 Å². The van der Waals surface area contributed by atoms with Crippen LogP contribution in [0.2, 0.25) is 0 Å². The van der Waals surface area contributed by atoms with Crippen LogP contribution in [0.1, 0.15) is 29.2 Å². The van der Waals surface area contributed by atoms with Crippen LogP contribution in [-0.2, 0) is 11.3 Å². The number of para-hydroxylation sites is 1. The number of benzene rings is 2. The minimum absolute atomic E-state index is 0.104. The Morgan fingerprint density at radius 1 is 1.13 bits per heavy atom. The number of aromatic nitrogens is 1. The van der Waals surface area contributed by atoms with Crippen molar-refractivity contribution in [2.24, 2.45) is 0 Å². The first-order valence-corrected chi connectivity index (χ1v) is 8.22. The molecule has 0 saturated carbocycles. The summed E-state index contributed by atoms with van der Waals surface area (Å²) in [7, 11) is 0. The molecule has 0 spiro atoms. The predicted molar refractivity (Wildman–Crippen MR) is 90.9 cm³/mol. The fraction of sp³-hybridized carbons (Fsp3) is 0.222. The fourth-order valence-electron chi connectivity index (χ4n) is 2.13. The van der Waals surface area contributed by atoms with E-state index in [2.05, 4.69) is 4.98 Å². The second-order valence-electron chi connectivity index (χ2n) is 5.34. The maximum absolute atomic E-state index is 12.1. The third-order valence-electron chi connectivity index (χ3n) is 3.13. The molecule has 0 unspecified atom stereocenters. The highest BCUT2D eigenvalue weighted by Gasteiger charge is 2.10. The topological polar surface area (TPSA) is 48.4 Å². The molecule has 0 atom stereocenters. The van der Waals surface area contributed by atoms with Gasteiger partial charge in [0.2, 0.25) is 0 Å². The summed E-state index contributed by atoms with van der Waals surface area (Å²) >= 11 is 1.54. The number of carbonyl (C=O) groups is 1. The molecule has 118 valence electrons. The van der Waals surface area contributed by atoms with E-state index in [9.17, 15) is 4.79 Å². The first-order chi connectivity index (χ1) is 11.1. The van der Waals surface area contributed by atoms with Crippen molar-refractivity contribution >= 4 is 27.5 Å². The van der Waals surface area contributed by atoms with Gasteiger partial charge in [-0.1, -0.05) is 12.1 Å². The Kier molecular flexibility index (Phi) is 4.57. The maximum Gasteiger partial charge on any atom is 0.338 e. The van der Waals surface area contributed by atoms with Crippen LogP contribution in [0.5, 0.6) is 5.75 Å². The number of fused-ring (bicyclic) bond motifs is 1. The molecule has 0 bridgehead atoms. The molecule has 23 heavy (non-hydrogen) atoms. The molecule has 0 fully saturated rings. The first-order valence-electron chi connectivity index (χ1n) is 7.40. The van der Waals surface area contributed by atoms with Gasteiger partial charge < -0.3 is 9.47 Å². The molecule has 3 rings (SSSR count). The first kappa shape index (κ1) is 15.5. The number of hydrogen-bond acceptors (Lipinski definition) is 5. The van der Waals surface area contributed by atoms with Crippen LogP contribution in [0.3, 0.4) is 0 Å². The van der Waals surface area contributed by atoms with E-state index in [0.717, 1.165) is 21.0 Å². The monoisotopic (exact) mass is 327 g/mol. The average Bonchev–Trinajstić information content (AvgIpc) is 2.95. The highest BCUT2D eigenvalue weighted by Crippen LogP contribution is 2.22. The second kappa shape index (κ2) is 6.79. The van der Waals surface area contributed by atoms with Crippen LogP contribution in [0.15, 0.2) is 48.5 Å².